The van der Waals surface area contributed by atoms with Crippen molar-refractivity contribution in [2.75, 3.05) is 52.9 Å². The van der Waals surface area contributed by atoms with Gasteiger partial charge in [0, 0.05) is 26.4 Å². The Balaban J connectivity index is 1.30. The van der Waals surface area contributed by atoms with Crippen LogP contribution in [0.25, 0.3) is 0 Å². The minimum atomic E-state index is -0.460. The predicted molar refractivity (Wildman–Crippen MR) is 131 cm³/mol. The van der Waals surface area contributed by atoms with Crippen molar-refractivity contribution in [1.82, 2.24) is 10.2 Å². The van der Waals surface area contributed by atoms with Gasteiger partial charge in [0.05, 0.1) is 10.8 Å². The molecule has 0 amide bonds. The highest BCUT2D eigenvalue weighted by molar-refractivity contribution is 5.49. The standard InChI is InChI=1S/C28H30N2O7/c1-3-21-23(35-15-13-33-21)17-19(1)27(5-9-31-10-6-27)25-29-30-26(37-25)28(7-11-32-12-8-28)20-2-4-22-24(18-20)36-16-14-34-22/h1-4,17-18H,5-16H2. The summed E-state index contributed by atoms with van der Waals surface area (Å²) in [6.45, 7) is 4.67. The minimum Gasteiger partial charge on any atom is -0.486 e. The molecule has 3 aromatic rings. The van der Waals surface area contributed by atoms with Gasteiger partial charge in [-0.1, -0.05) is 12.1 Å². The zero-order chi connectivity index (χ0) is 24.7. The summed E-state index contributed by atoms with van der Waals surface area (Å²) in [7, 11) is 0. The summed E-state index contributed by atoms with van der Waals surface area (Å²) in [5, 5.41) is 9.39. The van der Waals surface area contributed by atoms with Crippen LogP contribution in [0.5, 0.6) is 23.0 Å². The van der Waals surface area contributed by atoms with E-state index in [9.17, 15) is 0 Å². The number of fused-ring (bicyclic) bond motifs is 2. The van der Waals surface area contributed by atoms with Crippen LogP contribution in [0.1, 0.15) is 48.6 Å². The Kier molecular flexibility index (Phi) is 5.70. The van der Waals surface area contributed by atoms with Crippen molar-refractivity contribution in [2.45, 2.75) is 36.5 Å². The van der Waals surface area contributed by atoms with E-state index in [0.717, 1.165) is 59.8 Å². The largest absolute Gasteiger partial charge is 0.486 e. The summed E-state index contributed by atoms with van der Waals surface area (Å²) in [6, 6.07) is 12.3. The summed E-state index contributed by atoms with van der Waals surface area (Å²) < 4.78 is 41.5. The first-order valence-corrected chi connectivity index (χ1v) is 13.1. The van der Waals surface area contributed by atoms with E-state index in [0.29, 0.717) is 64.6 Å². The van der Waals surface area contributed by atoms with Gasteiger partial charge in [-0.3, -0.25) is 0 Å². The maximum absolute atomic E-state index is 6.69. The van der Waals surface area contributed by atoms with E-state index in [4.69, 9.17) is 43.0 Å². The fourth-order valence-corrected chi connectivity index (χ4v) is 5.98. The topological polar surface area (TPSA) is 94.3 Å². The Bertz CT molecular complexity index is 1180. The molecular formula is C28H30N2O7. The van der Waals surface area contributed by atoms with Crippen molar-refractivity contribution >= 4 is 0 Å². The normalized spacial score (nSPS) is 21.8. The molecule has 5 heterocycles. The summed E-state index contributed by atoms with van der Waals surface area (Å²) >= 11 is 0. The molecule has 2 aromatic carbocycles. The smallest absolute Gasteiger partial charge is 0.227 e. The van der Waals surface area contributed by atoms with Crippen molar-refractivity contribution in [1.29, 1.82) is 0 Å². The quantitative estimate of drug-likeness (QED) is 0.524. The van der Waals surface area contributed by atoms with Crippen LogP contribution >= 0.6 is 0 Å². The second kappa shape index (κ2) is 9.22. The third-order valence-corrected chi connectivity index (χ3v) is 8.13. The summed E-state index contributed by atoms with van der Waals surface area (Å²) in [6.07, 6.45) is 2.98. The first kappa shape index (κ1) is 22.9. The predicted octanol–water partition coefficient (Wildman–Crippen LogP) is 3.81. The van der Waals surface area contributed by atoms with Crippen LogP contribution in [0.15, 0.2) is 40.8 Å². The van der Waals surface area contributed by atoms with Crippen LogP contribution in [0.2, 0.25) is 0 Å². The minimum absolute atomic E-state index is 0.460. The van der Waals surface area contributed by atoms with Crippen molar-refractivity contribution < 1.29 is 32.8 Å². The van der Waals surface area contributed by atoms with Crippen molar-refractivity contribution in [3.05, 3.63) is 59.3 Å². The molecular weight excluding hydrogens is 476 g/mol. The molecule has 0 bridgehead atoms. The van der Waals surface area contributed by atoms with Gasteiger partial charge in [-0.05, 0) is 61.1 Å². The van der Waals surface area contributed by atoms with Crippen molar-refractivity contribution in [2.24, 2.45) is 0 Å². The maximum atomic E-state index is 6.69. The molecule has 0 atom stereocenters. The molecule has 0 radical (unpaired) electrons. The summed E-state index contributed by atoms with van der Waals surface area (Å²) in [5.41, 5.74) is 1.24. The van der Waals surface area contributed by atoms with Crippen LogP contribution in [-0.4, -0.2) is 63.1 Å². The molecule has 7 rings (SSSR count). The van der Waals surface area contributed by atoms with E-state index in [2.05, 4.69) is 24.3 Å². The highest BCUT2D eigenvalue weighted by atomic mass is 16.6. The molecule has 4 aliphatic rings. The lowest BCUT2D eigenvalue weighted by Gasteiger charge is -2.36. The zero-order valence-electron chi connectivity index (χ0n) is 20.7. The molecule has 0 unspecified atom stereocenters. The fourth-order valence-electron chi connectivity index (χ4n) is 5.98. The highest BCUT2D eigenvalue weighted by Crippen LogP contribution is 2.47. The van der Waals surface area contributed by atoms with Gasteiger partial charge in [0.25, 0.3) is 0 Å². The monoisotopic (exact) mass is 506 g/mol. The Morgan fingerprint density at radius 3 is 1.32 bits per heavy atom. The lowest BCUT2D eigenvalue weighted by molar-refractivity contribution is 0.0457. The molecule has 1 aromatic heterocycles. The molecule has 4 aliphatic heterocycles. The molecule has 0 saturated carbocycles. The van der Waals surface area contributed by atoms with Gasteiger partial charge >= 0.3 is 0 Å². The summed E-state index contributed by atoms with van der Waals surface area (Å²) in [4.78, 5) is 0. The van der Waals surface area contributed by atoms with Gasteiger partial charge in [-0.15, -0.1) is 10.2 Å². The van der Waals surface area contributed by atoms with E-state index in [1.807, 2.05) is 12.1 Å². The van der Waals surface area contributed by atoms with Crippen LogP contribution in [-0.2, 0) is 20.3 Å². The van der Waals surface area contributed by atoms with Crippen LogP contribution in [0.4, 0.5) is 0 Å². The van der Waals surface area contributed by atoms with Gasteiger partial charge in [-0.2, -0.15) is 0 Å². The third-order valence-electron chi connectivity index (χ3n) is 8.13. The first-order chi connectivity index (χ1) is 18.3. The number of hydrogen-bond donors (Lipinski definition) is 0. The molecule has 0 spiro atoms. The van der Waals surface area contributed by atoms with Gasteiger partial charge < -0.3 is 32.8 Å². The zero-order valence-corrected chi connectivity index (χ0v) is 20.7. The molecule has 9 heteroatoms. The van der Waals surface area contributed by atoms with Crippen LogP contribution in [0, 0.1) is 0 Å². The van der Waals surface area contributed by atoms with Crippen molar-refractivity contribution in [3.63, 3.8) is 0 Å². The molecule has 2 saturated heterocycles. The van der Waals surface area contributed by atoms with E-state index in [1.165, 1.54) is 0 Å². The van der Waals surface area contributed by atoms with Gasteiger partial charge in [-0.25, -0.2) is 0 Å². The van der Waals surface area contributed by atoms with Gasteiger partial charge in [0.2, 0.25) is 11.8 Å². The van der Waals surface area contributed by atoms with Gasteiger partial charge in [0.1, 0.15) is 26.4 Å². The Morgan fingerprint density at radius 2 is 0.892 bits per heavy atom. The Hall–Kier alpha value is -3.30. The maximum Gasteiger partial charge on any atom is 0.227 e. The molecule has 0 aliphatic carbocycles. The molecule has 194 valence electrons. The number of ether oxygens (including phenoxy) is 6. The lowest BCUT2D eigenvalue weighted by Crippen LogP contribution is -2.36. The Labute approximate surface area is 215 Å². The third kappa shape index (κ3) is 3.83. The number of aromatic nitrogens is 2. The lowest BCUT2D eigenvalue weighted by atomic mass is 9.73. The fraction of sp³-hybridized carbons (Fsp3) is 0.500. The second-order valence-corrected chi connectivity index (χ2v) is 10.0. The van der Waals surface area contributed by atoms with Crippen LogP contribution in [0.3, 0.4) is 0 Å². The number of benzene rings is 2. The van der Waals surface area contributed by atoms with Crippen LogP contribution < -0.4 is 18.9 Å². The van der Waals surface area contributed by atoms with Gasteiger partial charge in [0.15, 0.2) is 23.0 Å². The molecule has 2 fully saturated rings. The molecule has 9 nitrogen and oxygen atoms in total. The Morgan fingerprint density at radius 1 is 0.486 bits per heavy atom. The number of nitrogens with zero attached hydrogens (tertiary/aromatic N) is 2. The first-order valence-electron chi connectivity index (χ1n) is 13.1. The van der Waals surface area contributed by atoms with E-state index in [1.54, 1.807) is 0 Å². The number of rotatable bonds is 4. The van der Waals surface area contributed by atoms with E-state index in [-0.39, 0.29) is 0 Å². The highest BCUT2D eigenvalue weighted by Gasteiger charge is 2.46. The average molecular weight is 507 g/mol. The number of hydrogen-bond acceptors (Lipinski definition) is 9. The SMILES string of the molecule is c1cc2c(cc1C1(c3nnc(C4(c5ccc6c(c5)OCCO6)CCOCC4)o3)CCOCC1)OCCO2. The molecule has 0 N–H and O–H groups in total. The van der Waals surface area contributed by atoms with Crippen molar-refractivity contribution in [3.8, 4) is 23.0 Å². The summed E-state index contributed by atoms with van der Waals surface area (Å²) in [5.74, 6) is 4.28. The van der Waals surface area contributed by atoms with E-state index < -0.39 is 10.8 Å². The average Bonchev–Trinajstić information content (AvgIpc) is 3.49. The second-order valence-electron chi connectivity index (χ2n) is 10.0. The van der Waals surface area contributed by atoms with E-state index >= 15 is 0 Å². The molecule has 37 heavy (non-hydrogen) atoms.